The molecule has 0 aliphatic heterocycles. The van der Waals surface area contributed by atoms with Gasteiger partial charge >= 0.3 is 0 Å². The summed E-state index contributed by atoms with van der Waals surface area (Å²) >= 11 is 0. The summed E-state index contributed by atoms with van der Waals surface area (Å²) in [6, 6.07) is 0. The summed E-state index contributed by atoms with van der Waals surface area (Å²) in [5.74, 6) is 0.0101. The van der Waals surface area contributed by atoms with Crippen molar-refractivity contribution in [3.05, 3.63) is 10.1 Å². The Morgan fingerprint density at radius 2 is 1.44 bits per heavy atom. The second kappa shape index (κ2) is 14.3. The zero-order chi connectivity index (χ0) is 19.9. The van der Waals surface area contributed by atoms with Gasteiger partial charge in [0.25, 0.3) is 15.2 Å². The Labute approximate surface area is 152 Å². The van der Waals surface area contributed by atoms with Crippen LogP contribution in [0.2, 0.25) is 0 Å². The molecule has 8 nitrogen and oxygen atoms in total. The monoisotopic (exact) mass is 384 g/mol. The van der Waals surface area contributed by atoms with Crippen LogP contribution in [0.15, 0.2) is 0 Å². The first-order chi connectivity index (χ1) is 11.5. The summed E-state index contributed by atoms with van der Waals surface area (Å²) in [5.41, 5.74) is 6.42. The average molecular weight is 385 g/mol. The highest BCUT2D eigenvalue weighted by Gasteiger charge is 2.33. The summed E-state index contributed by atoms with van der Waals surface area (Å²) < 4.78 is 31.2. The SMILES string of the molecule is CCCCC(CCS(=O)(=O)O)C(N)(CCCC)CCCC.O=[N+]([O-])O. The lowest BCUT2D eigenvalue weighted by Gasteiger charge is -2.38. The van der Waals surface area contributed by atoms with Crippen molar-refractivity contribution in [3.63, 3.8) is 0 Å². The van der Waals surface area contributed by atoms with Crippen LogP contribution in [0.5, 0.6) is 0 Å². The van der Waals surface area contributed by atoms with Crippen molar-refractivity contribution >= 4 is 10.1 Å². The molecule has 0 fully saturated rings. The van der Waals surface area contributed by atoms with Crippen molar-refractivity contribution in [1.82, 2.24) is 0 Å². The summed E-state index contributed by atoms with van der Waals surface area (Å²) in [5, 5.41) is 13.6. The fraction of sp³-hybridized carbons (Fsp3) is 1.00. The Morgan fingerprint density at radius 3 is 1.76 bits per heavy atom. The van der Waals surface area contributed by atoms with Crippen molar-refractivity contribution in [3.8, 4) is 0 Å². The van der Waals surface area contributed by atoms with E-state index in [-0.39, 0.29) is 17.2 Å². The van der Waals surface area contributed by atoms with E-state index in [0.29, 0.717) is 6.42 Å². The predicted octanol–water partition coefficient (Wildman–Crippen LogP) is 3.80. The van der Waals surface area contributed by atoms with Crippen LogP contribution in [0, 0.1) is 16.0 Å². The third-order valence-corrected chi connectivity index (χ3v) is 5.19. The zero-order valence-corrected chi connectivity index (χ0v) is 16.6. The lowest BCUT2D eigenvalue weighted by Crippen LogP contribution is -2.48. The number of nitrogens with two attached hydrogens (primary N) is 1. The quantitative estimate of drug-likeness (QED) is 0.249. The molecule has 0 bridgehead atoms. The Morgan fingerprint density at radius 1 is 1.04 bits per heavy atom. The van der Waals surface area contributed by atoms with Crippen molar-refractivity contribution in [2.24, 2.45) is 11.7 Å². The average Bonchev–Trinajstić information content (AvgIpc) is 2.49. The molecule has 0 aliphatic rings. The normalized spacial score (nSPS) is 13.0. The van der Waals surface area contributed by atoms with Crippen molar-refractivity contribution in [2.75, 3.05) is 5.75 Å². The molecule has 0 heterocycles. The number of unbranched alkanes of at least 4 members (excludes halogenated alkanes) is 3. The van der Waals surface area contributed by atoms with Crippen LogP contribution in [0.3, 0.4) is 0 Å². The molecule has 0 aliphatic carbocycles. The van der Waals surface area contributed by atoms with Gasteiger partial charge in [-0.2, -0.15) is 8.42 Å². The van der Waals surface area contributed by atoms with Gasteiger partial charge in [-0.05, 0) is 31.6 Å². The fourth-order valence-corrected chi connectivity index (χ4v) is 3.59. The molecule has 0 radical (unpaired) electrons. The van der Waals surface area contributed by atoms with E-state index >= 15 is 0 Å². The second-order valence-electron chi connectivity index (χ2n) is 6.59. The van der Waals surface area contributed by atoms with Crippen LogP contribution in [0.25, 0.3) is 0 Å². The standard InChI is InChI=1S/C16H35NO3S.HNO3/c1-4-7-10-15(11-14-21(18,19)20)16(17,12-8-5-2)13-9-6-3;2-1(3)4/h15H,4-14,17H2,1-3H3,(H,18,19,20);(H,2,3,4). The van der Waals surface area contributed by atoms with Gasteiger partial charge in [0.05, 0.1) is 5.75 Å². The first-order valence-corrected chi connectivity index (χ1v) is 10.7. The maximum Gasteiger partial charge on any atom is 0.291 e. The van der Waals surface area contributed by atoms with Crippen molar-refractivity contribution in [1.29, 1.82) is 0 Å². The number of hydrogen-bond donors (Lipinski definition) is 3. The van der Waals surface area contributed by atoms with Gasteiger partial charge in [-0.1, -0.05) is 59.3 Å². The molecular formula is C16H36N2O6S. The Balaban J connectivity index is 0. The van der Waals surface area contributed by atoms with Gasteiger partial charge in [-0.15, -0.1) is 10.1 Å². The van der Waals surface area contributed by atoms with Crippen LogP contribution < -0.4 is 5.73 Å². The maximum absolute atomic E-state index is 11.1. The van der Waals surface area contributed by atoms with Gasteiger partial charge in [0.1, 0.15) is 0 Å². The number of rotatable bonds is 13. The molecule has 9 heteroatoms. The zero-order valence-electron chi connectivity index (χ0n) is 15.8. The predicted molar refractivity (Wildman–Crippen MR) is 98.8 cm³/mol. The van der Waals surface area contributed by atoms with Crippen molar-refractivity contribution in [2.45, 2.75) is 90.5 Å². The highest BCUT2D eigenvalue weighted by atomic mass is 32.2. The number of nitrogens with zero attached hydrogens (tertiary/aromatic N) is 1. The Kier molecular flexibility index (Phi) is 15.0. The third kappa shape index (κ3) is 16.3. The summed E-state index contributed by atoms with van der Waals surface area (Å²) in [6.45, 7) is 6.44. The lowest BCUT2D eigenvalue weighted by molar-refractivity contribution is -0.742. The number of hydrogen-bond acceptors (Lipinski definition) is 5. The van der Waals surface area contributed by atoms with Gasteiger partial charge in [-0.3, -0.25) is 4.55 Å². The molecule has 152 valence electrons. The maximum atomic E-state index is 11.1. The minimum atomic E-state index is -3.90. The third-order valence-electron chi connectivity index (χ3n) is 4.44. The van der Waals surface area contributed by atoms with E-state index in [4.69, 9.17) is 25.6 Å². The molecule has 1 atom stereocenters. The second-order valence-corrected chi connectivity index (χ2v) is 8.16. The highest BCUT2D eigenvalue weighted by Crippen LogP contribution is 2.33. The summed E-state index contributed by atoms with van der Waals surface area (Å²) in [7, 11) is -3.90. The van der Waals surface area contributed by atoms with E-state index in [1.165, 1.54) is 0 Å². The minimum Gasteiger partial charge on any atom is -0.328 e. The van der Waals surface area contributed by atoms with Gasteiger partial charge in [-0.25, -0.2) is 0 Å². The van der Waals surface area contributed by atoms with Crippen LogP contribution in [-0.2, 0) is 10.1 Å². The largest absolute Gasteiger partial charge is 0.328 e. The molecule has 0 spiro atoms. The molecule has 25 heavy (non-hydrogen) atoms. The van der Waals surface area contributed by atoms with Gasteiger partial charge in [0.2, 0.25) is 0 Å². The molecule has 0 aromatic rings. The van der Waals surface area contributed by atoms with E-state index in [0.717, 1.165) is 57.8 Å². The van der Waals surface area contributed by atoms with E-state index in [2.05, 4.69) is 20.8 Å². The molecule has 0 saturated heterocycles. The van der Waals surface area contributed by atoms with Crippen LogP contribution in [0.1, 0.15) is 85.0 Å². The molecule has 0 saturated carbocycles. The van der Waals surface area contributed by atoms with Gasteiger partial charge < -0.3 is 10.9 Å². The molecular weight excluding hydrogens is 348 g/mol. The molecule has 0 amide bonds. The van der Waals surface area contributed by atoms with Gasteiger partial charge in [0, 0.05) is 5.54 Å². The molecule has 4 N–H and O–H groups in total. The smallest absolute Gasteiger partial charge is 0.291 e. The first-order valence-electron chi connectivity index (χ1n) is 9.09. The molecule has 0 aromatic carbocycles. The lowest BCUT2D eigenvalue weighted by atomic mass is 9.73. The van der Waals surface area contributed by atoms with Crippen molar-refractivity contribution < 1.29 is 23.3 Å². The summed E-state index contributed by atoms with van der Waals surface area (Å²) in [6.07, 6.45) is 9.83. The fourth-order valence-electron chi connectivity index (χ4n) is 3.01. The molecule has 0 aromatic heterocycles. The Hall–Kier alpha value is -0.930. The summed E-state index contributed by atoms with van der Waals surface area (Å²) in [4.78, 5) is 8.36. The topological polar surface area (TPSA) is 144 Å². The van der Waals surface area contributed by atoms with Crippen LogP contribution in [0.4, 0.5) is 0 Å². The van der Waals surface area contributed by atoms with E-state index < -0.39 is 15.2 Å². The van der Waals surface area contributed by atoms with Crippen LogP contribution in [-0.4, -0.2) is 34.6 Å². The van der Waals surface area contributed by atoms with Crippen LogP contribution >= 0.6 is 0 Å². The molecule has 1 unspecified atom stereocenters. The van der Waals surface area contributed by atoms with E-state index in [9.17, 15) is 8.42 Å². The first kappa shape index (κ1) is 26.3. The van der Waals surface area contributed by atoms with Gasteiger partial charge in [0.15, 0.2) is 0 Å². The highest BCUT2D eigenvalue weighted by molar-refractivity contribution is 7.85. The van der Waals surface area contributed by atoms with E-state index in [1.807, 2.05) is 0 Å². The minimum absolute atomic E-state index is 0.168. The Bertz CT molecular complexity index is 430. The van der Waals surface area contributed by atoms with E-state index in [1.54, 1.807) is 0 Å². The molecule has 0 rings (SSSR count).